The first-order chi connectivity index (χ1) is 14.4. The first kappa shape index (κ1) is 20.2. The number of phenolic OH excluding ortho intramolecular Hbond substituents is 1. The molecule has 2 aromatic rings. The molecule has 8 nitrogen and oxygen atoms in total. The van der Waals surface area contributed by atoms with E-state index >= 15 is 0 Å². The third kappa shape index (κ3) is 2.99. The average Bonchev–Trinajstić information content (AvgIpc) is 3.42. The normalized spacial score (nSPS) is 28.1. The van der Waals surface area contributed by atoms with Gasteiger partial charge in [0.15, 0.2) is 0 Å². The number of phenols is 1. The van der Waals surface area contributed by atoms with E-state index < -0.39 is 29.4 Å². The van der Waals surface area contributed by atoms with Crippen LogP contribution in [0.1, 0.15) is 31.2 Å². The molecule has 0 spiro atoms. The van der Waals surface area contributed by atoms with Gasteiger partial charge in [0, 0.05) is 13.0 Å². The van der Waals surface area contributed by atoms with Crippen molar-refractivity contribution in [3.05, 3.63) is 54.0 Å². The molecular weight excluding hydrogens is 388 g/mol. The summed E-state index contributed by atoms with van der Waals surface area (Å²) in [6.45, 7) is 3.80. The summed E-state index contributed by atoms with van der Waals surface area (Å²) in [4.78, 5) is 40.9. The molecule has 2 amide bonds. The van der Waals surface area contributed by atoms with Crippen LogP contribution in [0.25, 0.3) is 0 Å². The van der Waals surface area contributed by atoms with Crippen molar-refractivity contribution in [3.63, 3.8) is 0 Å². The van der Waals surface area contributed by atoms with Gasteiger partial charge in [0.05, 0.1) is 30.7 Å². The van der Waals surface area contributed by atoms with Gasteiger partial charge >= 0.3 is 5.97 Å². The van der Waals surface area contributed by atoms with Gasteiger partial charge in [-0.1, -0.05) is 12.1 Å². The van der Waals surface area contributed by atoms with E-state index in [9.17, 15) is 19.5 Å². The van der Waals surface area contributed by atoms with Crippen LogP contribution in [-0.4, -0.2) is 46.5 Å². The van der Waals surface area contributed by atoms with Gasteiger partial charge in [0.1, 0.15) is 17.0 Å². The molecule has 4 rings (SSSR count). The number of carbonyl (C=O) groups excluding carboxylic acids is 3. The second-order valence-electron chi connectivity index (χ2n) is 7.60. The Hall–Kier alpha value is -3.13. The van der Waals surface area contributed by atoms with Crippen LogP contribution in [0, 0.1) is 11.8 Å². The maximum Gasteiger partial charge on any atom is 0.327 e. The number of imide groups is 1. The number of fused-ring (bicyclic) bond motifs is 1. The molecule has 8 heteroatoms. The number of amides is 2. The molecular formula is C22H24N2O6. The van der Waals surface area contributed by atoms with Gasteiger partial charge in [-0.2, -0.15) is 0 Å². The van der Waals surface area contributed by atoms with E-state index in [4.69, 9.17) is 9.15 Å². The number of nitrogens with one attached hydrogen (secondary N) is 1. The largest absolute Gasteiger partial charge is 0.508 e. The van der Waals surface area contributed by atoms with Gasteiger partial charge in [-0.15, -0.1) is 0 Å². The maximum atomic E-state index is 13.3. The van der Waals surface area contributed by atoms with Crippen LogP contribution in [0.4, 0.5) is 0 Å². The second kappa shape index (κ2) is 7.60. The van der Waals surface area contributed by atoms with E-state index in [-0.39, 0.29) is 37.1 Å². The van der Waals surface area contributed by atoms with Crippen LogP contribution in [0.15, 0.2) is 47.1 Å². The number of rotatable bonds is 6. The molecule has 2 aliphatic heterocycles. The molecule has 2 aliphatic rings. The Bertz CT molecular complexity index is 955. The summed E-state index contributed by atoms with van der Waals surface area (Å²) < 4.78 is 10.9. The Morgan fingerprint density at radius 1 is 1.20 bits per heavy atom. The monoisotopic (exact) mass is 412 g/mol. The van der Waals surface area contributed by atoms with Crippen LogP contribution >= 0.6 is 0 Å². The number of benzene rings is 1. The molecule has 0 saturated carbocycles. The van der Waals surface area contributed by atoms with Crippen molar-refractivity contribution in [2.24, 2.45) is 11.8 Å². The zero-order valence-corrected chi connectivity index (χ0v) is 16.8. The fraction of sp³-hybridized carbons (Fsp3) is 0.409. The molecule has 158 valence electrons. The van der Waals surface area contributed by atoms with E-state index in [1.807, 2.05) is 0 Å². The number of aromatic hydroxyl groups is 1. The molecule has 0 aliphatic carbocycles. The zero-order chi connectivity index (χ0) is 21.5. The summed E-state index contributed by atoms with van der Waals surface area (Å²) in [6.07, 6.45) is 1.62. The van der Waals surface area contributed by atoms with E-state index in [1.54, 1.807) is 38.1 Å². The third-order valence-corrected chi connectivity index (χ3v) is 5.97. The second-order valence-corrected chi connectivity index (χ2v) is 7.60. The Balaban J connectivity index is 1.84. The summed E-state index contributed by atoms with van der Waals surface area (Å²) in [5.74, 6) is -2.40. The molecule has 4 unspecified atom stereocenters. The van der Waals surface area contributed by atoms with Crippen molar-refractivity contribution < 1.29 is 28.6 Å². The number of hydrogen-bond acceptors (Lipinski definition) is 7. The molecule has 2 saturated heterocycles. The lowest BCUT2D eigenvalue weighted by atomic mass is 9.76. The quantitative estimate of drug-likeness (QED) is 0.550. The number of carbonyl (C=O) groups is 3. The van der Waals surface area contributed by atoms with Crippen molar-refractivity contribution >= 4 is 17.8 Å². The van der Waals surface area contributed by atoms with Gasteiger partial charge in [0.25, 0.3) is 0 Å². The first-order valence-corrected chi connectivity index (χ1v) is 10.0. The fourth-order valence-electron chi connectivity index (χ4n) is 4.70. The molecule has 1 aromatic heterocycles. The number of ether oxygens (including phenoxy) is 1. The average molecular weight is 412 g/mol. The lowest BCUT2D eigenvalue weighted by Crippen LogP contribution is -2.58. The van der Waals surface area contributed by atoms with Crippen LogP contribution < -0.4 is 5.32 Å². The summed E-state index contributed by atoms with van der Waals surface area (Å²) in [5.41, 5.74) is -0.714. The smallest absolute Gasteiger partial charge is 0.327 e. The molecule has 4 atom stereocenters. The third-order valence-electron chi connectivity index (χ3n) is 5.97. The van der Waals surface area contributed by atoms with E-state index in [2.05, 4.69) is 5.32 Å². The highest BCUT2D eigenvalue weighted by molar-refractivity contribution is 6.09. The molecule has 3 heterocycles. The van der Waals surface area contributed by atoms with Crippen molar-refractivity contribution in [2.45, 2.75) is 31.8 Å². The lowest BCUT2D eigenvalue weighted by Gasteiger charge is -2.32. The summed E-state index contributed by atoms with van der Waals surface area (Å²) in [6, 6.07) is 9.20. The van der Waals surface area contributed by atoms with E-state index in [1.165, 1.54) is 23.3 Å². The minimum absolute atomic E-state index is 0.0962. The highest BCUT2D eigenvalue weighted by Crippen LogP contribution is 2.50. The number of hydrogen-bond donors (Lipinski definition) is 2. The minimum atomic E-state index is -1.44. The summed E-state index contributed by atoms with van der Waals surface area (Å²) >= 11 is 0. The highest BCUT2D eigenvalue weighted by atomic mass is 16.5. The molecule has 2 N–H and O–H groups in total. The van der Waals surface area contributed by atoms with Crippen LogP contribution in [0.3, 0.4) is 0 Å². The highest BCUT2D eigenvalue weighted by Gasteiger charge is 2.69. The summed E-state index contributed by atoms with van der Waals surface area (Å²) in [7, 11) is 0. The van der Waals surface area contributed by atoms with Crippen molar-refractivity contribution in [2.75, 3.05) is 13.2 Å². The SMILES string of the molecule is CCOC(=O)C1(Cc2ccc(O)cc2)NC(c2ccco2)C2C(=O)N(CC)C(=O)C21. The van der Waals surface area contributed by atoms with Crippen molar-refractivity contribution in [3.8, 4) is 5.75 Å². The van der Waals surface area contributed by atoms with Crippen molar-refractivity contribution in [1.82, 2.24) is 10.2 Å². The van der Waals surface area contributed by atoms with Crippen LogP contribution in [0.2, 0.25) is 0 Å². The number of likely N-dealkylation sites (tertiary alicyclic amines) is 1. The number of furan rings is 1. The standard InChI is InChI=1S/C22H24N2O6/c1-3-24-19(26)16-17(20(24)27)22(21(28)29-4-2,12-13-7-9-14(25)10-8-13)23-18(16)15-6-5-11-30-15/h5-11,16-18,23,25H,3-4,12H2,1-2H3. The molecule has 0 radical (unpaired) electrons. The van der Waals surface area contributed by atoms with Gasteiger partial charge < -0.3 is 14.3 Å². The predicted octanol–water partition coefficient (Wildman–Crippen LogP) is 1.80. The molecule has 2 fully saturated rings. The molecule has 0 bridgehead atoms. The Morgan fingerprint density at radius 3 is 2.53 bits per heavy atom. The predicted molar refractivity (Wildman–Crippen MR) is 105 cm³/mol. The fourth-order valence-corrected chi connectivity index (χ4v) is 4.70. The van der Waals surface area contributed by atoms with Crippen LogP contribution in [0.5, 0.6) is 5.75 Å². The lowest BCUT2D eigenvalue weighted by molar-refractivity contribution is -0.156. The van der Waals surface area contributed by atoms with Gasteiger partial charge in [-0.3, -0.25) is 24.6 Å². The minimum Gasteiger partial charge on any atom is -0.508 e. The maximum absolute atomic E-state index is 13.3. The van der Waals surface area contributed by atoms with Gasteiger partial charge in [-0.05, 0) is 43.7 Å². The Morgan fingerprint density at radius 2 is 1.93 bits per heavy atom. The first-order valence-electron chi connectivity index (χ1n) is 10.0. The van der Waals surface area contributed by atoms with E-state index in [0.29, 0.717) is 5.76 Å². The van der Waals surface area contributed by atoms with Crippen LogP contribution in [-0.2, 0) is 25.5 Å². The number of nitrogens with zero attached hydrogens (tertiary/aromatic N) is 1. The zero-order valence-electron chi connectivity index (χ0n) is 16.8. The van der Waals surface area contributed by atoms with Gasteiger partial charge in [0.2, 0.25) is 11.8 Å². The van der Waals surface area contributed by atoms with Crippen molar-refractivity contribution in [1.29, 1.82) is 0 Å². The Labute approximate surface area is 173 Å². The summed E-state index contributed by atoms with van der Waals surface area (Å²) in [5, 5.41) is 12.9. The molecule has 1 aromatic carbocycles. The van der Waals surface area contributed by atoms with E-state index in [0.717, 1.165) is 5.56 Å². The Kier molecular flexibility index (Phi) is 5.11. The number of esters is 1. The van der Waals surface area contributed by atoms with Gasteiger partial charge in [-0.25, -0.2) is 0 Å². The topological polar surface area (TPSA) is 109 Å². The molecule has 30 heavy (non-hydrogen) atoms.